The van der Waals surface area contributed by atoms with E-state index in [4.69, 9.17) is 5.11 Å². The van der Waals surface area contributed by atoms with Gasteiger partial charge in [0, 0.05) is 17.5 Å². The Morgan fingerprint density at radius 2 is 2.30 bits per heavy atom. The predicted molar refractivity (Wildman–Crippen MR) is 69.8 cm³/mol. The smallest absolute Gasteiger partial charge is 0.305 e. The zero-order valence-electron chi connectivity index (χ0n) is 11.1. The van der Waals surface area contributed by atoms with E-state index < -0.39 is 5.97 Å². The topological polar surface area (TPSA) is 93.8 Å². The number of pyridine rings is 1. The number of aromatic nitrogens is 5. The fourth-order valence-corrected chi connectivity index (χ4v) is 2.32. The Balaban J connectivity index is 1.95. The summed E-state index contributed by atoms with van der Waals surface area (Å²) in [6.07, 6.45) is 3.82. The van der Waals surface area contributed by atoms with E-state index >= 15 is 0 Å². The second-order valence-electron chi connectivity index (χ2n) is 5.14. The van der Waals surface area contributed by atoms with Crippen LogP contribution in [0.15, 0.2) is 18.3 Å². The average Bonchev–Trinajstić information content (AvgIpc) is 3.14. The maximum Gasteiger partial charge on any atom is 0.305 e. The average molecular weight is 273 g/mol. The summed E-state index contributed by atoms with van der Waals surface area (Å²) in [6.45, 7) is 1.91. The van der Waals surface area contributed by atoms with Gasteiger partial charge in [-0.3, -0.25) is 9.78 Å². The summed E-state index contributed by atoms with van der Waals surface area (Å²) in [5.74, 6) is 0.104. The molecule has 0 aliphatic heterocycles. The maximum absolute atomic E-state index is 11.0. The van der Waals surface area contributed by atoms with E-state index in [1.54, 1.807) is 10.9 Å². The van der Waals surface area contributed by atoms with Crippen molar-refractivity contribution in [1.82, 2.24) is 25.2 Å². The lowest BCUT2D eigenvalue weighted by molar-refractivity contribution is -0.138. The Hall–Kier alpha value is -2.31. The van der Waals surface area contributed by atoms with Crippen molar-refractivity contribution in [3.63, 3.8) is 0 Å². The summed E-state index contributed by atoms with van der Waals surface area (Å²) in [4.78, 5) is 15.3. The van der Waals surface area contributed by atoms with Crippen LogP contribution in [0, 0.1) is 12.8 Å². The van der Waals surface area contributed by atoms with E-state index in [0.29, 0.717) is 11.7 Å². The lowest BCUT2D eigenvalue weighted by Crippen LogP contribution is -2.18. The molecule has 2 aromatic heterocycles. The van der Waals surface area contributed by atoms with Gasteiger partial charge >= 0.3 is 5.97 Å². The van der Waals surface area contributed by atoms with Gasteiger partial charge in [0.05, 0.1) is 12.5 Å². The van der Waals surface area contributed by atoms with Gasteiger partial charge in [0.25, 0.3) is 0 Å². The first-order chi connectivity index (χ1) is 9.65. The maximum atomic E-state index is 11.0. The highest BCUT2D eigenvalue weighted by atomic mass is 16.4. The number of hydrogen-bond acceptors (Lipinski definition) is 5. The Labute approximate surface area is 115 Å². The zero-order chi connectivity index (χ0) is 14.1. The van der Waals surface area contributed by atoms with Crippen LogP contribution in [0.3, 0.4) is 0 Å². The first-order valence-electron chi connectivity index (χ1n) is 6.58. The number of aryl methyl sites for hydroxylation is 1. The number of carboxylic acid groups (broad SMARTS) is 1. The minimum Gasteiger partial charge on any atom is -0.481 e. The van der Waals surface area contributed by atoms with E-state index in [0.717, 1.165) is 24.1 Å². The van der Waals surface area contributed by atoms with Crippen LogP contribution in [0.25, 0.3) is 11.4 Å². The summed E-state index contributed by atoms with van der Waals surface area (Å²) in [7, 11) is 0. The molecular weight excluding hydrogens is 258 g/mol. The summed E-state index contributed by atoms with van der Waals surface area (Å²) in [6, 6.07) is 3.60. The zero-order valence-corrected chi connectivity index (χ0v) is 11.1. The van der Waals surface area contributed by atoms with Gasteiger partial charge in [-0.2, -0.15) is 0 Å². The third-order valence-electron chi connectivity index (χ3n) is 3.53. The van der Waals surface area contributed by atoms with Crippen molar-refractivity contribution in [2.75, 3.05) is 0 Å². The number of nitrogens with zero attached hydrogens (tertiary/aromatic N) is 5. The number of carbonyl (C=O) groups is 1. The monoisotopic (exact) mass is 273 g/mol. The fourth-order valence-electron chi connectivity index (χ4n) is 2.32. The molecule has 0 bridgehead atoms. The van der Waals surface area contributed by atoms with Crippen molar-refractivity contribution >= 4 is 5.97 Å². The van der Waals surface area contributed by atoms with E-state index in [1.807, 2.05) is 19.1 Å². The Kier molecular flexibility index (Phi) is 3.17. The van der Waals surface area contributed by atoms with Crippen molar-refractivity contribution in [2.45, 2.75) is 32.2 Å². The summed E-state index contributed by atoms with van der Waals surface area (Å²) in [5.41, 5.74) is 1.72. The van der Waals surface area contributed by atoms with Gasteiger partial charge in [-0.25, -0.2) is 4.68 Å². The van der Waals surface area contributed by atoms with Gasteiger partial charge < -0.3 is 5.11 Å². The van der Waals surface area contributed by atoms with Crippen LogP contribution in [-0.4, -0.2) is 36.3 Å². The molecule has 7 nitrogen and oxygen atoms in total. The molecule has 3 rings (SSSR count). The van der Waals surface area contributed by atoms with Gasteiger partial charge in [-0.15, -0.1) is 5.10 Å². The number of carboxylic acids is 1. The van der Waals surface area contributed by atoms with E-state index in [-0.39, 0.29) is 12.5 Å². The minimum atomic E-state index is -0.828. The molecule has 7 heteroatoms. The van der Waals surface area contributed by atoms with Gasteiger partial charge in [0.2, 0.25) is 0 Å². The van der Waals surface area contributed by atoms with E-state index in [9.17, 15) is 4.79 Å². The van der Waals surface area contributed by atoms with Crippen LogP contribution >= 0.6 is 0 Å². The molecule has 0 saturated heterocycles. The van der Waals surface area contributed by atoms with Gasteiger partial charge in [0.15, 0.2) is 5.82 Å². The molecular formula is C13H15N5O2. The highest BCUT2D eigenvalue weighted by molar-refractivity contribution is 5.67. The van der Waals surface area contributed by atoms with Crippen LogP contribution in [0.1, 0.15) is 31.0 Å². The van der Waals surface area contributed by atoms with Gasteiger partial charge in [-0.05, 0) is 48.2 Å². The normalized spacial score (nSPS) is 16.1. The molecule has 0 spiro atoms. The quantitative estimate of drug-likeness (QED) is 0.886. The third-order valence-corrected chi connectivity index (χ3v) is 3.53. The van der Waals surface area contributed by atoms with Crippen LogP contribution in [0.4, 0.5) is 0 Å². The molecule has 1 unspecified atom stereocenters. The largest absolute Gasteiger partial charge is 0.481 e. The predicted octanol–water partition coefficient (Wildman–Crippen LogP) is 1.47. The second-order valence-corrected chi connectivity index (χ2v) is 5.14. The standard InChI is InChI=1S/C13H15N5O2/c1-8-2-3-10(7-14-8)13-15-16-17-18(13)11(6-12(19)20)9-4-5-9/h2-3,7,9,11H,4-6H2,1H3,(H,19,20). The molecule has 1 saturated carbocycles. The SMILES string of the molecule is Cc1ccc(-c2nnnn2C(CC(=O)O)C2CC2)cn1. The molecule has 2 heterocycles. The highest BCUT2D eigenvalue weighted by Gasteiger charge is 2.36. The fraction of sp³-hybridized carbons (Fsp3) is 0.462. The third kappa shape index (κ3) is 2.52. The van der Waals surface area contributed by atoms with Crippen molar-refractivity contribution in [2.24, 2.45) is 5.92 Å². The first kappa shape index (κ1) is 12.7. The van der Waals surface area contributed by atoms with Crippen molar-refractivity contribution in [3.8, 4) is 11.4 Å². The lowest BCUT2D eigenvalue weighted by Gasteiger charge is -2.15. The molecule has 0 amide bonds. The lowest BCUT2D eigenvalue weighted by atomic mass is 10.1. The number of tetrazole rings is 1. The molecule has 2 aromatic rings. The molecule has 1 atom stereocenters. The molecule has 1 aliphatic carbocycles. The number of rotatable bonds is 5. The molecule has 1 N–H and O–H groups in total. The Morgan fingerprint density at radius 1 is 1.50 bits per heavy atom. The summed E-state index contributed by atoms with van der Waals surface area (Å²) < 4.78 is 1.64. The summed E-state index contributed by atoms with van der Waals surface area (Å²) >= 11 is 0. The van der Waals surface area contributed by atoms with Gasteiger partial charge in [-0.1, -0.05) is 0 Å². The van der Waals surface area contributed by atoms with E-state index in [2.05, 4.69) is 20.5 Å². The highest BCUT2D eigenvalue weighted by Crippen LogP contribution is 2.42. The van der Waals surface area contributed by atoms with Crippen molar-refractivity contribution in [3.05, 3.63) is 24.0 Å². The van der Waals surface area contributed by atoms with Crippen LogP contribution < -0.4 is 0 Å². The van der Waals surface area contributed by atoms with Crippen LogP contribution in [0.5, 0.6) is 0 Å². The Bertz CT molecular complexity index is 618. The van der Waals surface area contributed by atoms with Crippen LogP contribution in [0.2, 0.25) is 0 Å². The Morgan fingerprint density at radius 3 is 2.90 bits per heavy atom. The second kappa shape index (κ2) is 4.99. The van der Waals surface area contributed by atoms with Crippen molar-refractivity contribution in [1.29, 1.82) is 0 Å². The molecule has 20 heavy (non-hydrogen) atoms. The van der Waals surface area contributed by atoms with Crippen LogP contribution in [-0.2, 0) is 4.79 Å². The first-order valence-corrected chi connectivity index (χ1v) is 6.58. The molecule has 0 radical (unpaired) electrons. The van der Waals surface area contributed by atoms with E-state index in [1.165, 1.54) is 0 Å². The molecule has 1 fully saturated rings. The van der Waals surface area contributed by atoms with Crippen molar-refractivity contribution < 1.29 is 9.90 Å². The molecule has 1 aliphatic rings. The molecule has 0 aromatic carbocycles. The molecule has 104 valence electrons. The number of hydrogen-bond donors (Lipinski definition) is 1. The van der Waals surface area contributed by atoms with Gasteiger partial charge in [0.1, 0.15) is 0 Å². The number of aliphatic carboxylic acids is 1. The minimum absolute atomic E-state index is 0.0436. The summed E-state index contributed by atoms with van der Waals surface area (Å²) in [5, 5.41) is 20.8.